The van der Waals surface area contributed by atoms with Crippen molar-refractivity contribution < 1.29 is 9.32 Å². The minimum atomic E-state index is 0.0749. The predicted octanol–water partition coefficient (Wildman–Crippen LogP) is 2.85. The van der Waals surface area contributed by atoms with Gasteiger partial charge in [-0.15, -0.1) is 5.10 Å². The molecule has 0 saturated carbocycles. The molecule has 1 N–H and O–H groups in total. The average molecular weight is 391 g/mol. The molecule has 148 valence electrons. The highest BCUT2D eigenvalue weighted by atomic mass is 16.5. The molecule has 4 aromatic rings. The molecule has 9 nitrogen and oxygen atoms in total. The standard InChI is InChI=1S/C20H21N7O2/c1-2-18-22-19(29-24-18)17-12-27(25-23-17)13-7-10-26(11-8-13)20(28)15-4-3-5-16-14(15)6-9-21-16/h3-6,9,12-13,21H,2,7-8,10-11H2,1H3. The van der Waals surface area contributed by atoms with Gasteiger partial charge in [-0.05, 0) is 31.0 Å². The van der Waals surface area contributed by atoms with Gasteiger partial charge in [0.2, 0.25) is 0 Å². The van der Waals surface area contributed by atoms with Gasteiger partial charge in [-0.3, -0.25) is 4.79 Å². The number of carbonyl (C=O) groups excluding carboxylic acids is 1. The normalized spacial score (nSPS) is 15.3. The number of rotatable bonds is 4. The van der Waals surface area contributed by atoms with Crippen LogP contribution in [0.25, 0.3) is 22.5 Å². The lowest BCUT2D eigenvalue weighted by molar-refractivity contribution is 0.0691. The molecule has 4 heterocycles. The third-order valence-electron chi connectivity index (χ3n) is 5.46. The molecule has 1 aliphatic rings. The molecule has 1 amide bonds. The molecule has 1 aliphatic heterocycles. The molecule has 1 aromatic carbocycles. The van der Waals surface area contributed by atoms with Gasteiger partial charge in [0.15, 0.2) is 11.5 Å². The van der Waals surface area contributed by atoms with Gasteiger partial charge in [-0.1, -0.05) is 23.4 Å². The van der Waals surface area contributed by atoms with Crippen molar-refractivity contribution in [1.82, 2.24) is 35.0 Å². The molecule has 0 aliphatic carbocycles. The maximum absolute atomic E-state index is 13.0. The Kier molecular flexibility index (Phi) is 4.34. The minimum Gasteiger partial charge on any atom is -0.361 e. The smallest absolute Gasteiger partial charge is 0.280 e. The summed E-state index contributed by atoms with van der Waals surface area (Å²) in [6, 6.07) is 7.93. The monoisotopic (exact) mass is 391 g/mol. The van der Waals surface area contributed by atoms with Gasteiger partial charge in [-0.2, -0.15) is 4.98 Å². The lowest BCUT2D eigenvalue weighted by Crippen LogP contribution is -2.39. The van der Waals surface area contributed by atoms with E-state index in [1.807, 2.05) is 53.2 Å². The largest absolute Gasteiger partial charge is 0.361 e. The maximum Gasteiger partial charge on any atom is 0.280 e. The van der Waals surface area contributed by atoms with Crippen molar-refractivity contribution in [2.45, 2.75) is 32.2 Å². The zero-order chi connectivity index (χ0) is 19.8. The van der Waals surface area contributed by atoms with Crippen LogP contribution in [0.2, 0.25) is 0 Å². The molecule has 3 aromatic heterocycles. The van der Waals surface area contributed by atoms with Crippen LogP contribution in [0.3, 0.4) is 0 Å². The van der Waals surface area contributed by atoms with Gasteiger partial charge in [0.05, 0.1) is 12.2 Å². The van der Waals surface area contributed by atoms with E-state index in [1.165, 1.54) is 0 Å². The van der Waals surface area contributed by atoms with Crippen LogP contribution < -0.4 is 0 Å². The summed E-state index contributed by atoms with van der Waals surface area (Å²) in [5.41, 5.74) is 2.30. The number of fused-ring (bicyclic) bond motifs is 1. The van der Waals surface area contributed by atoms with Crippen molar-refractivity contribution in [1.29, 1.82) is 0 Å². The van der Waals surface area contributed by atoms with Crippen molar-refractivity contribution >= 4 is 16.8 Å². The number of carbonyl (C=O) groups is 1. The number of aromatic nitrogens is 6. The van der Waals surface area contributed by atoms with Crippen molar-refractivity contribution in [2.24, 2.45) is 0 Å². The Bertz CT molecular complexity index is 1150. The number of likely N-dealkylation sites (tertiary alicyclic amines) is 1. The number of piperidine rings is 1. The third kappa shape index (κ3) is 3.18. The Morgan fingerprint density at radius 1 is 1.28 bits per heavy atom. The summed E-state index contributed by atoms with van der Waals surface area (Å²) in [7, 11) is 0. The number of aryl methyl sites for hydroxylation is 1. The fourth-order valence-electron chi connectivity index (χ4n) is 3.83. The van der Waals surface area contributed by atoms with E-state index < -0.39 is 0 Å². The topological polar surface area (TPSA) is 106 Å². The summed E-state index contributed by atoms with van der Waals surface area (Å²) in [5.74, 6) is 1.12. The zero-order valence-corrected chi connectivity index (χ0v) is 16.1. The van der Waals surface area contributed by atoms with E-state index in [1.54, 1.807) is 0 Å². The molecule has 29 heavy (non-hydrogen) atoms. The molecule has 0 bridgehead atoms. The van der Waals surface area contributed by atoms with E-state index in [-0.39, 0.29) is 11.9 Å². The third-order valence-corrected chi connectivity index (χ3v) is 5.46. The first-order chi connectivity index (χ1) is 14.2. The second-order valence-electron chi connectivity index (χ2n) is 7.22. The van der Waals surface area contributed by atoms with Crippen LogP contribution in [0.15, 0.2) is 41.2 Å². The van der Waals surface area contributed by atoms with Crippen molar-refractivity contribution in [3.63, 3.8) is 0 Å². The van der Waals surface area contributed by atoms with E-state index in [0.29, 0.717) is 36.9 Å². The summed E-state index contributed by atoms with van der Waals surface area (Å²) in [6.45, 7) is 3.33. The number of hydrogen-bond acceptors (Lipinski definition) is 6. The Morgan fingerprint density at radius 2 is 2.14 bits per heavy atom. The van der Waals surface area contributed by atoms with Gasteiger partial charge in [-0.25, -0.2) is 4.68 Å². The number of amides is 1. The van der Waals surface area contributed by atoms with Crippen LogP contribution in [0.1, 0.15) is 42.0 Å². The van der Waals surface area contributed by atoms with Crippen LogP contribution >= 0.6 is 0 Å². The molecule has 0 atom stereocenters. The Balaban J connectivity index is 1.27. The van der Waals surface area contributed by atoms with Crippen LogP contribution in [-0.2, 0) is 6.42 Å². The Morgan fingerprint density at radius 3 is 2.93 bits per heavy atom. The predicted molar refractivity (Wildman–Crippen MR) is 105 cm³/mol. The van der Waals surface area contributed by atoms with Gasteiger partial charge >= 0.3 is 0 Å². The lowest BCUT2D eigenvalue weighted by atomic mass is 10.0. The van der Waals surface area contributed by atoms with Crippen LogP contribution in [-0.4, -0.2) is 54.0 Å². The summed E-state index contributed by atoms with van der Waals surface area (Å²) >= 11 is 0. The van der Waals surface area contributed by atoms with Crippen LogP contribution in [0, 0.1) is 0 Å². The Hall–Kier alpha value is -3.49. The molecule has 0 unspecified atom stereocenters. The SMILES string of the molecule is CCc1noc(-c2cn(C3CCN(C(=O)c4cccc5[nH]ccc45)CC3)nn2)n1. The second kappa shape index (κ2) is 7.16. The number of benzene rings is 1. The van der Waals surface area contributed by atoms with Gasteiger partial charge in [0, 0.05) is 42.2 Å². The first kappa shape index (κ1) is 17.6. The van der Waals surface area contributed by atoms with Crippen LogP contribution in [0.5, 0.6) is 0 Å². The van der Waals surface area contributed by atoms with Gasteiger partial charge in [0.1, 0.15) is 0 Å². The quantitative estimate of drug-likeness (QED) is 0.573. The minimum absolute atomic E-state index is 0.0749. The molecular weight excluding hydrogens is 370 g/mol. The van der Waals surface area contributed by atoms with Crippen molar-refractivity contribution in [3.05, 3.63) is 48.0 Å². The number of aromatic amines is 1. The molecule has 0 spiro atoms. The molecule has 1 fully saturated rings. The van der Waals surface area contributed by atoms with E-state index in [4.69, 9.17) is 4.52 Å². The van der Waals surface area contributed by atoms with Crippen LogP contribution in [0.4, 0.5) is 0 Å². The van der Waals surface area contributed by atoms with E-state index >= 15 is 0 Å². The number of nitrogens with zero attached hydrogens (tertiary/aromatic N) is 6. The second-order valence-corrected chi connectivity index (χ2v) is 7.22. The number of H-pyrrole nitrogens is 1. The Labute approximate surface area is 166 Å². The van der Waals surface area contributed by atoms with E-state index in [0.717, 1.165) is 29.3 Å². The zero-order valence-electron chi connectivity index (χ0n) is 16.1. The lowest BCUT2D eigenvalue weighted by Gasteiger charge is -2.32. The first-order valence-corrected chi connectivity index (χ1v) is 9.83. The highest BCUT2D eigenvalue weighted by Crippen LogP contribution is 2.26. The van der Waals surface area contributed by atoms with Crippen molar-refractivity contribution in [2.75, 3.05) is 13.1 Å². The van der Waals surface area contributed by atoms with Gasteiger partial charge in [0.25, 0.3) is 11.8 Å². The molecule has 1 saturated heterocycles. The van der Waals surface area contributed by atoms with E-state index in [9.17, 15) is 4.79 Å². The van der Waals surface area contributed by atoms with Gasteiger partial charge < -0.3 is 14.4 Å². The summed E-state index contributed by atoms with van der Waals surface area (Å²) in [5, 5.41) is 13.3. The summed E-state index contributed by atoms with van der Waals surface area (Å²) in [4.78, 5) is 22.4. The number of hydrogen-bond donors (Lipinski definition) is 1. The van der Waals surface area contributed by atoms with Crippen molar-refractivity contribution in [3.8, 4) is 11.6 Å². The highest BCUT2D eigenvalue weighted by molar-refractivity contribution is 6.06. The molecule has 9 heteroatoms. The molecular formula is C20H21N7O2. The fraction of sp³-hybridized carbons (Fsp3) is 0.350. The summed E-state index contributed by atoms with van der Waals surface area (Å²) in [6.07, 6.45) is 6.06. The summed E-state index contributed by atoms with van der Waals surface area (Å²) < 4.78 is 7.08. The highest BCUT2D eigenvalue weighted by Gasteiger charge is 2.27. The molecule has 0 radical (unpaired) electrons. The van der Waals surface area contributed by atoms with E-state index in [2.05, 4.69) is 25.4 Å². The number of nitrogens with one attached hydrogen (secondary N) is 1. The maximum atomic E-state index is 13.0. The fourth-order valence-corrected chi connectivity index (χ4v) is 3.83. The first-order valence-electron chi connectivity index (χ1n) is 9.83. The average Bonchev–Trinajstić information content (AvgIpc) is 3.52. The molecule has 5 rings (SSSR count).